The summed E-state index contributed by atoms with van der Waals surface area (Å²) in [4.78, 5) is 0. The van der Waals surface area contributed by atoms with Crippen LogP contribution in [0.4, 0.5) is 0 Å². The second kappa shape index (κ2) is 6.15. The Morgan fingerprint density at radius 1 is 1.22 bits per heavy atom. The SMILES string of the molecule is CC(C)NC(CI)CI. The molecule has 0 fully saturated rings. The fourth-order valence-corrected chi connectivity index (χ4v) is 2.92. The summed E-state index contributed by atoms with van der Waals surface area (Å²) in [5.41, 5.74) is 0. The first-order chi connectivity index (χ1) is 4.20. The maximum absolute atomic E-state index is 3.46. The van der Waals surface area contributed by atoms with Crippen LogP contribution in [0.2, 0.25) is 0 Å². The topological polar surface area (TPSA) is 12.0 Å². The molecule has 0 saturated carbocycles. The molecule has 0 aliphatic rings. The Bertz CT molecular complexity index is 62.1. The molecule has 0 aromatic rings. The van der Waals surface area contributed by atoms with Gasteiger partial charge in [-0.1, -0.05) is 59.0 Å². The third kappa shape index (κ3) is 5.84. The zero-order valence-electron chi connectivity index (χ0n) is 5.82. The van der Waals surface area contributed by atoms with E-state index in [-0.39, 0.29) is 0 Å². The fourth-order valence-electron chi connectivity index (χ4n) is 0.602. The van der Waals surface area contributed by atoms with Gasteiger partial charge in [-0.2, -0.15) is 0 Å². The molecule has 0 rings (SSSR count). The van der Waals surface area contributed by atoms with Crippen molar-refractivity contribution in [3.63, 3.8) is 0 Å². The summed E-state index contributed by atoms with van der Waals surface area (Å²) < 4.78 is 2.41. The molecule has 9 heavy (non-hydrogen) atoms. The van der Waals surface area contributed by atoms with Crippen molar-refractivity contribution in [2.75, 3.05) is 8.86 Å². The minimum Gasteiger partial charge on any atom is -0.310 e. The molecule has 0 amide bonds. The van der Waals surface area contributed by atoms with Gasteiger partial charge in [-0.15, -0.1) is 0 Å². The largest absolute Gasteiger partial charge is 0.310 e. The molecule has 56 valence electrons. The van der Waals surface area contributed by atoms with E-state index < -0.39 is 0 Å². The van der Waals surface area contributed by atoms with Gasteiger partial charge in [-0.05, 0) is 0 Å². The van der Waals surface area contributed by atoms with Crippen LogP contribution in [-0.4, -0.2) is 20.9 Å². The highest BCUT2D eigenvalue weighted by molar-refractivity contribution is 14.1. The van der Waals surface area contributed by atoms with Gasteiger partial charge in [0.2, 0.25) is 0 Å². The van der Waals surface area contributed by atoms with E-state index in [0.717, 1.165) is 0 Å². The molecule has 0 bridgehead atoms. The molecule has 0 spiro atoms. The standard InChI is InChI=1S/C6H13I2N/c1-5(2)9-6(3-7)4-8/h5-6,9H,3-4H2,1-2H3. The third-order valence-corrected chi connectivity index (χ3v) is 3.07. The van der Waals surface area contributed by atoms with E-state index in [4.69, 9.17) is 0 Å². The lowest BCUT2D eigenvalue weighted by Crippen LogP contribution is -2.36. The Morgan fingerprint density at radius 3 is 1.78 bits per heavy atom. The maximum Gasteiger partial charge on any atom is 0.0249 e. The van der Waals surface area contributed by atoms with Crippen LogP contribution in [0, 0.1) is 0 Å². The van der Waals surface area contributed by atoms with Gasteiger partial charge in [0.1, 0.15) is 0 Å². The van der Waals surface area contributed by atoms with E-state index in [2.05, 4.69) is 64.3 Å². The van der Waals surface area contributed by atoms with Gasteiger partial charge in [-0.3, -0.25) is 0 Å². The molecular formula is C6H13I2N. The van der Waals surface area contributed by atoms with Crippen molar-refractivity contribution in [3.8, 4) is 0 Å². The van der Waals surface area contributed by atoms with Crippen molar-refractivity contribution in [1.29, 1.82) is 0 Å². The molecule has 0 aromatic heterocycles. The van der Waals surface area contributed by atoms with Crippen LogP contribution >= 0.6 is 45.2 Å². The van der Waals surface area contributed by atoms with Crippen LogP contribution in [0.25, 0.3) is 0 Å². The monoisotopic (exact) mass is 353 g/mol. The summed E-state index contributed by atoms with van der Waals surface area (Å²) in [7, 11) is 0. The predicted molar refractivity (Wildman–Crippen MR) is 59.8 cm³/mol. The number of halogens is 2. The number of hydrogen-bond acceptors (Lipinski definition) is 1. The molecule has 0 aliphatic heterocycles. The molecule has 3 heteroatoms. The first kappa shape index (κ1) is 10.4. The quantitative estimate of drug-likeness (QED) is 0.604. The van der Waals surface area contributed by atoms with Crippen LogP contribution in [0.1, 0.15) is 13.8 Å². The molecule has 0 aliphatic carbocycles. The predicted octanol–water partition coefficient (Wildman–Crippen LogP) is 2.22. The zero-order valence-corrected chi connectivity index (χ0v) is 10.1. The smallest absolute Gasteiger partial charge is 0.0249 e. The number of rotatable bonds is 4. The van der Waals surface area contributed by atoms with Gasteiger partial charge >= 0.3 is 0 Å². The summed E-state index contributed by atoms with van der Waals surface area (Å²) in [5, 5.41) is 3.46. The van der Waals surface area contributed by atoms with E-state index >= 15 is 0 Å². The van der Waals surface area contributed by atoms with Gasteiger partial charge in [0.05, 0.1) is 0 Å². The lowest BCUT2D eigenvalue weighted by Gasteiger charge is -2.15. The van der Waals surface area contributed by atoms with Gasteiger partial charge < -0.3 is 5.32 Å². The average Bonchev–Trinajstić information content (AvgIpc) is 1.82. The number of alkyl halides is 2. The van der Waals surface area contributed by atoms with E-state index in [1.165, 1.54) is 8.86 Å². The van der Waals surface area contributed by atoms with Gasteiger partial charge in [0, 0.05) is 20.9 Å². The molecule has 1 N–H and O–H groups in total. The van der Waals surface area contributed by atoms with Crippen molar-refractivity contribution in [2.45, 2.75) is 25.9 Å². The van der Waals surface area contributed by atoms with Crippen LogP contribution in [0.5, 0.6) is 0 Å². The van der Waals surface area contributed by atoms with Gasteiger partial charge in [-0.25, -0.2) is 0 Å². The number of hydrogen-bond donors (Lipinski definition) is 1. The molecule has 0 unspecified atom stereocenters. The van der Waals surface area contributed by atoms with Crippen molar-refractivity contribution in [3.05, 3.63) is 0 Å². The van der Waals surface area contributed by atoms with Crippen LogP contribution in [0.15, 0.2) is 0 Å². The van der Waals surface area contributed by atoms with Crippen molar-refractivity contribution >= 4 is 45.2 Å². The highest BCUT2D eigenvalue weighted by atomic mass is 127. The third-order valence-electron chi connectivity index (χ3n) is 0.942. The molecule has 0 aromatic carbocycles. The van der Waals surface area contributed by atoms with E-state index in [0.29, 0.717) is 12.1 Å². The second-order valence-electron chi connectivity index (χ2n) is 2.33. The molecular weight excluding hydrogens is 340 g/mol. The fraction of sp³-hybridized carbons (Fsp3) is 1.00. The van der Waals surface area contributed by atoms with E-state index in [9.17, 15) is 0 Å². The summed E-state index contributed by atoms with van der Waals surface area (Å²) in [6.07, 6.45) is 0. The summed E-state index contributed by atoms with van der Waals surface area (Å²) >= 11 is 4.83. The normalized spacial score (nSPS) is 11.3. The maximum atomic E-state index is 3.46. The molecule has 1 nitrogen and oxygen atoms in total. The average molecular weight is 353 g/mol. The van der Waals surface area contributed by atoms with Crippen LogP contribution < -0.4 is 5.32 Å². The Labute approximate surface area is 84.6 Å². The Morgan fingerprint density at radius 2 is 1.67 bits per heavy atom. The Balaban J connectivity index is 3.31. The summed E-state index contributed by atoms with van der Waals surface area (Å²) in [5.74, 6) is 0. The first-order valence-electron chi connectivity index (χ1n) is 3.08. The van der Waals surface area contributed by atoms with Gasteiger partial charge in [0.25, 0.3) is 0 Å². The number of nitrogens with one attached hydrogen (secondary N) is 1. The van der Waals surface area contributed by atoms with Crippen molar-refractivity contribution < 1.29 is 0 Å². The first-order valence-corrected chi connectivity index (χ1v) is 6.13. The highest BCUT2D eigenvalue weighted by Crippen LogP contribution is 1.97. The zero-order chi connectivity index (χ0) is 7.28. The van der Waals surface area contributed by atoms with Crippen LogP contribution in [0.3, 0.4) is 0 Å². The lowest BCUT2D eigenvalue weighted by atomic mass is 10.3. The summed E-state index contributed by atoms with van der Waals surface area (Å²) in [6, 6.07) is 1.32. The Hall–Kier alpha value is 1.42. The van der Waals surface area contributed by atoms with E-state index in [1.54, 1.807) is 0 Å². The van der Waals surface area contributed by atoms with E-state index in [1.807, 2.05) is 0 Å². The summed E-state index contributed by atoms with van der Waals surface area (Å²) in [6.45, 7) is 4.37. The van der Waals surface area contributed by atoms with Crippen molar-refractivity contribution in [1.82, 2.24) is 5.32 Å². The minimum atomic E-state index is 0.625. The highest BCUT2D eigenvalue weighted by Gasteiger charge is 2.04. The Kier molecular flexibility index (Phi) is 7.12. The van der Waals surface area contributed by atoms with Crippen LogP contribution in [-0.2, 0) is 0 Å². The molecule has 0 heterocycles. The molecule has 0 saturated heterocycles. The minimum absolute atomic E-state index is 0.625. The van der Waals surface area contributed by atoms with Gasteiger partial charge in [0.15, 0.2) is 0 Å². The lowest BCUT2D eigenvalue weighted by molar-refractivity contribution is 0.536. The molecule has 0 radical (unpaired) electrons. The molecule has 0 atom stereocenters. The second-order valence-corrected chi connectivity index (χ2v) is 4.09. The van der Waals surface area contributed by atoms with Crippen molar-refractivity contribution in [2.24, 2.45) is 0 Å².